The number of nitrogens with zero attached hydrogens (tertiary/aromatic N) is 1. The van der Waals surface area contributed by atoms with Crippen molar-refractivity contribution in [2.75, 3.05) is 13.7 Å². The van der Waals surface area contributed by atoms with E-state index >= 15 is 0 Å². The number of methoxy groups -OCH3 is 1. The van der Waals surface area contributed by atoms with Crippen molar-refractivity contribution in [3.05, 3.63) is 48.0 Å². The van der Waals surface area contributed by atoms with Gasteiger partial charge in [0.2, 0.25) is 5.91 Å². The fourth-order valence-electron chi connectivity index (χ4n) is 3.51. The molecule has 1 fully saturated rings. The molecule has 162 valence electrons. The molecule has 0 aromatic heterocycles. The van der Waals surface area contributed by atoms with E-state index in [0.717, 1.165) is 44.2 Å². The normalized spacial score (nSPS) is 17.1. The van der Waals surface area contributed by atoms with Crippen LogP contribution >= 0.6 is 0 Å². The zero-order valence-corrected chi connectivity index (χ0v) is 17.9. The highest BCUT2D eigenvalue weighted by atomic mass is 16.5. The minimum absolute atomic E-state index is 0.0672. The van der Waals surface area contributed by atoms with E-state index in [-0.39, 0.29) is 17.9 Å². The maximum absolute atomic E-state index is 12.2. The maximum atomic E-state index is 12.2. The molecule has 1 aliphatic heterocycles. The second-order valence-corrected chi connectivity index (χ2v) is 7.59. The number of amides is 1. The van der Waals surface area contributed by atoms with Gasteiger partial charge in [-0.1, -0.05) is 55.0 Å². The van der Waals surface area contributed by atoms with Crippen LogP contribution < -0.4 is 0 Å². The molecule has 0 spiro atoms. The number of aliphatic hydroxyl groups excluding tert-OH is 1. The minimum atomic E-state index is -0.550. The van der Waals surface area contributed by atoms with E-state index in [9.17, 15) is 14.7 Å². The monoisotopic (exact) mass is 411 g/mol. The van der Waals surface area contributed by atoms with Crippen LogP contribution in [0.4, 0.5) is 0 Å². The van der Waals surface area contributed by atoms with Crippen molar-refractivity contribution >= 4 is 11.9 Å². The Kier molecular flexibility index (Phi) is 10.7. The molecule has 1 aromatic carbocycles. The van der Waals surface area contributed by atoms with Crippen LogP contribution in [0.15, 0.2) is 42.5 Å². The Morgan fingerprint density at radius 2 is 2.03 bits per heavy atom. The number of ether oxygens (including phenoxy) is 1. The lowest BCUT2D eigenvalue weighted by atomic mass is 10.1. The van der Waals surface area contributed by atoms with Gasteiger partial charge in [0.25, 0.3) is 0 Å². The fourth-order valence-corrected chi connectivity index (χ4v) is 3.51. The summed E-state index contributed by atoms with van der Waals surface area (Å²) < 4.78 is 4.64. The summed E-state index contributed by atoms with van der Waals surface area (Å²) in [5.74, 6) is 6.20. The van der Waals surface area contributed by atoms with Crippen molar-refractivity contribution in [2.24, 2.45) is 0 Å². The van der Waals surface area contributed by atoms with Gasteiger partial charge in [0.1, 0.15) is 0 Å². The van der Waals surface area contributed by atoms with Crippen LogP contribution in [0.1, 0.15) is 63.4 Å². The molecule has 0 saturated carbocycles. The highest BCUT2D eigenvalue weighted by molar-refractivity contribution is 5.79. The average molecular weight is 412 g/mol. The second-order valence-electron chi connectivity index (χ2n) is 7.59. The molecule has 0 bridgehead atoms. The van der Waals surface area contributed by atoms with Crippen molar-refractivity contribution in [1.29, 1.82) is 0 Å². The fraction of sp³-hybridized carbons (Fsp3) is 0.520. The smallest absolute Gasteiger partial charge is 0.305 e. The molecule has 1 amide bonds. The quantitative estimate of drug-likeness (QED) is 0.260. The van der Waals surface area contributed by atoms with E-state index in [4.69, 9.17) is 0 Å². The summed E-state index contributed by atoms with van der Waals surface area (Å²) in [5, 5.41) is 10.2. The zero-order chi connectivity index (χ0) is 21.6. The van der Waals surface area contributed by atoms with Crippen molar-refractivity contribution in [1.82, 2.24) is 4.90 Å². The third kappa shape index (κ3) is 8.84. The number of hydrogen-bond donors (Lipinski definition) is 1. The lowest BCUT2D eigenvalue weighted by Crippen LogP contribution is -2.32. The molecule has 0 aliphatic carbocycles. The van der Waals surface area contributed by atoms with Gasteiger partial charge < -0.3 is 14.7 Å². The Hall–Kier alpha value is -2.58. The first-order valence-electron chi connectivity index (χ1n) is 10.9. The van der Waals surface area contributed by atoms with Crippen molar-refractivity contribution < 1.29 is 19.4 Å². The maximum Gasteiger partial charge on any atom is 0.305 e. The standard InChI is InChI=1S/C25H33NO4/c1-30-25(29)15-7-2-3-10-20-26-22(17-19-24(26)28)16-18-23(27)14-9-8-13-21-11-5-4-6-12-21/h4-6,11-12,16,18,22-23,27H,2-3,7,9-10,14-15,17,19-20H2,1H3/t22-,23-/m0/s1. The predicted octanol–water partition coefficient (Wildman–Crippen LogP) is 3.85. The zero-order valence-electron chi connectivity index (χ0n) is 17.9. The molecule has 1 heterocycles. The molecule has 0 radical (unpaired) electrons. The molecule has 5 nitrogen and oxygen atoms in total. The summed E-state index contributed by atoms with van der Waals surface area (Å²) in [4.78, 5) is 25.2. The van der Waals surface area contributed by atoms with Gasteiger partial charge >= 0.3 is 5.97 Å². The minimum Gasteiger partial charge on any atom is -0.469 e. The number of esters is 1. The van der Waals surface area contributed by atoms with Gasteiger partial charge in [-0.25, -0.2) is 0 Å². The van der Waals surface area contributed by atoms with Crippen molar-refractivity contribution in [3.63, 3.8) is 0 Å². The van der Waals surface area contributed by atoms with Gasteiger partial charge in [-0.05, 0) is 37.8 Å². The number of likely N-dealkylation sites (tertiary alicyclic amines) is 1. The third-order valence-corrected chi connectivity index (χ3v) is 5.26. The molecule has 2 atom stereocenters. The lowest BCUT2D eigenvalue weighted by Gasteiger charge is -2.22. The van der Waals surface area contributed by atoms with Crippen LogP contribution in [0.5, 0.6) is 0 Å². The van der Waals surface area contributed by atoms with Crippen molar-refractivity contribution in [3.8, 4) is 11.8 Å². The Morgan fingerprint density at radius 1 is 1.27 bits per heavy atom. The van der Waals surface area contributed by atoms with Crippen molar-refractivity contribution in [2.45, 2.75) is 69.9 Å². The van der Waals surface area contributed by atoms with Gasteiger partial charge in [-0.2, -0.15) is 0 Å². The summed E-state index contributed by atoms with van der Waals surface area (Å²) in [6.07, 6.45) is 9.95. The van der Waals surface area contributed by atoms with Crippen LogP contribution in [0, 0.1) is 11.8 Å². The Balaban J connectivity index is 1.68. The molecule has 1 saturated heterocycles. The summed E-state index contributed by atoms with van der Waals surface area (Å²) in [6, 6.07) is 9.87. The van der Waals surface area contributed by atoms with E-state index < -0.39 is 6.10 Å². The second kappa shape index (κ2) is 13.6. The van der Waals surface area contributed by atoms with E-state index in [2.05, 4.69) is 16.6 Å². The van der Waals surface area contributed by atoms with E-state index in [1.165, 1.54) is 7.11 Å². The molecular formula is C25H33NO4. The number of carbonyl (C=O) groups excluding carboxylic acids is 2. The first-order valence-corrected chi connectivity index (χ1v) is 10.9. The van der Waals surface area contributed by atoms with Gasteiger partial charge in [-0.3, -0.25) is 9.59 Å². The first-order chi connectivity index (χ1) is 14.6. The highest BCUT2D eigenvalue weighted by Crippen LogP contribution is 2.21. The van der Waals surface area contributed by atoms with Gasteiger partial charge in [0.15, 0.2) is 0 Å². The number of aliphatic hydroxyl groups is 1. The molecule has 2 rings (SSSR count). The summed E-state index contributed by atoms with van der Waals surface area (Å²) >= 11 is 0. The summed E-state index contributed by atoms with van der Waals surface area (Å²) in [5.41, 5.74) is 0.980. The number of benzene rings is 1. The molecule has 5 heteroatoms. The van der Waals surface area contributed by atoms with Gasteiger partial charge in [0.05, 0.1) is 19.3 Å². The molecule has 0 unspecified atom stereocenters. The van der Waals surface area contributed by atoms with Crippen LogP contribution in [-0.4, -0.2) is 47.7 Å². The SMILES string of the molecule is COC(=O)CCCCCCN1C(=O)CC[C@@H]1C=C[C@@H](O)CCC#Cc1ccccc1. The van der Waals surface area contributed by atoms with E-state index in [1.54, 1.807) is 6.08 Å². The topological polar surface area (TPSA) is 66.8 Å². The van der Waals surface area contributed by atoms with Gasteiger partial charge in [0, 0.05) is 31.4 Å². The van der Waals surface area contributed by atoms with Crippen LogP contribution in [0.2, 0.25) is 0 Å². The van der Waals surface area contributed by atoms with E-state index in [1.807, 2.05) is 41.3 Å². The molecule has 1 aliphatic rings. The largest absolute Gasteiger partial charge is 0.469 e. The third-order valence-electron chi connectivity index (χ3n) is 5.26. The molecule has 30 heavy (non-hydrogen) atoms. The Bertz CT molecular complexity index is 747. The number of hydrogen-bond acceptors (Lipinski definition) is 4. The number of rotatable bonds is 11. The summed E-state index contributed by atoms with van der Waals surface area (Å²) in [7, 11) is 1.41. The summed E-state index contributed by atoms with van der Waals surface area (Å²) in [6.45, 7) is 0.727. The molecule has 1 aromatic rings. The van der Waals surface area contributed by atoms with E-state index in [0.29, 0.717) is 25.7 Å². The van der Waals surface area contributed by atoms with Crippen LogP contribution in [0.25, 0.3) is 0 Å². The highest BCUT2D eigenvalue weighted by Gasteiger charge is 2.28. The van der Waals surface area contributed by atoms with Gasteiger partial charge in [-0.15, -0.1) is 0 Å². The number of carbonyl (C=O) groups is 2. The predicted molar refractivity (Wildman–Crippen MR) is 118 cm³/mol. The van der Waals surface area contributed by atoms with Crippen LogP contribution in [-0.2, 0) is 14.3 Å². The lowest BCUT2D eigenvalue weighted by molar-refractivity contribution is -0.140. The number of unbranched alkanes of at least 4 members (excludes halogenated alkanes) is 3. The Morgan fingerprint density at radius 3 is 2.80 bits per heavy atom. The Labute approximate surface area is 180 Å². The molecule has 1 N–H and O–H groups in total. The molecular weight excluding hydrogens is 378 g/mol. The van der Waals surface area contributed by atoms with Crippen LogP contribution in [0.3, 0.4) is 0 Å². The average Bonchev–Trinajstić information content (AvgIpc) is 3.12. The first kappa shape index (κ1) is 23.7.